The summed E-state index contributed by atoms with van der Waals surface area (Å²) in [5, 5.41) is 13.4. The summed E-state index contributed by atoms with van der Waals surface area (Å²) >= 11 is 6.12. The summed E-state index contributed by atoms with van der Waals surface area (Å²) < 4.78 is 3.21. The Morgan fingerprint density at radius 3 is 2.51 bits per heavy atom. The van der Waals surface area contributed by atoms with Gasteiger partial charge in [0.05, 0.1) is 23.9 Å². The van der Waals surface area contributed by atoms with Gasteiger partial charge in [-0.1, -0.05) is 35.7 Å². The number of terminal acetylenes is 1. The molecule has 5 aromatic rings. The van der Waals surface area contributed by atoms with Crippen molar-refractivity contribution in [3.8, 4) is 23.6 Å². The topological polar surface area (TPSA) is 85.8 Å². The first-order chi connectivity index (χ1) is 16.8. The Morgan fingerprint density at radius 2 is 1.83 bits per heavy atom. The average Bonchev–Trinajstić information content (AvgIpc) is 3.32. The molecule has 0 amide bonds. The first kappa shape index (κ1) is 22.5. The maximum atomic E-state index is 12.7. The Labute approximate surface area is 206 Å². The lowest BCUT2D eigenvalue weighted by Gasteiger charge is -2.30. The van der Waals surface area contributed by atoms with Crippen molar-refractivity contribution in [2.75, 3.05) is 0 Å². The van der Waals surface area contributed by atoms with E-state index in [9.17, 15) is 9.90 Å². The molecule has 4 heterocycles. The normalized spacial score (nSPS) is 12.9. The minimum Gasteiger partial charge on any atom is -0.374 e. The number of rotatable bonds is 4. The minimum absolute atomic E-state index is 0.236. The van der Waals surface area contributed by atoms with Gasteiger partial charge in [-0.05, 0) is 35.9 Å². The number of aromatic nitrogens is 5. The van der Waals surface area contributed by atoms with Gasteiger partial charge in [0.1, 0.15) is 11.3 Å². The molecule has 0 saturated heterocycles. The second-order valence-corrected chi connectivity index (χ2v) is 8.65. The Bertz CT molecular complexity index is 1680. The zero-order chi connectivity index (χ0) is 24.7. The summed E-state index contributed by atoms with van der Waals surface area (Å²) in [5.41, 5.74) is 1.79. The van der Waals surface area contributed by atoms with Crippen LogP contribution in [-0.2, 0) is 19.7 Å². The predicted molar refractivity (Wildman–Crippen MR) is 135 cm³/mol. The summed E-state index contributed by atoms with van der Waals surface area (Å²) in [6, 6.07) is 15.6. The third-order valence-electron chi connectivity index (χ3n) is 6.11. The van der Waals surface area contributed by atoms with E-state index < -0.39 is 5.60 Å². The van der Waals surface area contributed by atoms with Crippen LogP contribution in [0.3, 0.4) is 0 Å². The van der Waals surface area contributed by atoms with Crippen molar-refractivity contribution in [2.45, 2.75) is 5.60 Å². The van der Waals surface area contributed by atoms with Crippen LogP contribution < -0.4 is 5.56 Å². The molecule has 0 fully saturated rings. The first-order valence-corrected chi connectivity index (χ1v) is 11.1. The third kappa shape index (κ3) is 3.69. The Balaban J connectivity index is 1.84. The highest BCUT2D eigenvalue weighted by Gasteiger charge is 2.37. The molecular formula is C27H20ClN5O2. The van der Waals surface area contributed by atoms with E-state index >= 15 is 0 Å². The second kappa shape index (κ2) is 8.51. The van der Waals surface area contributed by atoms with E-state index in [2.05, 4.69) is 20.9 Å². The number of hydrogen-bond acceptors (Lipinski definition) is 5. The molecule has 0 spiro atoms. The van der Waals surface area contributed by atoms with Crippen LogP contribution in [0.15, 0.2) is 78.1 Å². The minimum atomic E-state index is -1.60. The van der Waals surface area contributed by atoms with Crippen LogP contribution in [-0.4, -0.2) is 29.2 Å². The van der Waals surface area contributed by atoms with Crippen LogP contribution in [0, 0.1) is 12.3 Å². The predicted octanol–water partition coefficient (Wildman–Crippen LogP) is 3.65. The molecule has 0 bridgehead atoms. The first-order valence-electron chi connectivity index (χ1n) is 10.7. The van der Waals surface area contributed by atoms with E-state index in [-0.39, 0.29) is 5.56 Å². The van der Waals surface area contributed by atoms with Gasteiger partial charge in [0.25, 0.3) is 5.56 Å². The summed E-state index contributed by atoms with van der Waals surface area (Å²) in [6.07, 6.45) is 10.3. The van der Waals surface area contributed by atoms with Gasteiger partial charge in [0.15, 0.2) is 5.60 Å². The molecule has 0 aliphatic carbocycles. The van der Waals surface area contributed by atoms with Crippen molar-refractivity contribution in [3.05, 3.63) is 111 Å². The Morgan fingerprint density at radius 1 is 1.06 bits per heavy atom. The maximum absolute atomic E-state index is 12.7. The van der Waals surface area contributed by atoms with Gasteiger partial charge in [0.2, 0.25) is 0 Å². The molecule has 0 radical (unpaired) electrons. The van der Waals surface area contributed by atoms with E-state index in [1.807, 2.05) is 13.1 Å². The number of hydrogen-bond donors (Lipinski definition) is 1. The van der Waals surface area contributed by atoms with Crippen molar-refractivity contribution < 1.29 is 5.11 Å². The zero-order valence-corrected chi connectivity index (χ0v) is 19.7. The largest absolute Gasteiger partial charge is 0.374 e. The lowest BCUT2D eigenvalue weighted by molar-refractivity contribution is 0.117. The average molecular weight is 482 g/mol. The summed E-state index contributed by atoms with van der Waals surface area (Å²) in [6.45, 7) is 0. The number of imidazole rings is 1. The number of halogens is 1. The highest BCUT2D eigenvalue weighted by molar-refractivity contribution is 6.30. The zero-order valence-electron chi connectivity index (χ0n) is 19.0. The fraction of sp³-hybridized carbons (Fsp3) is 0.111. The molecular weight excluding hydrogens is 462 g/mol. The molecule has 0 saturated carbocycles. The van der Waals surface area contributed by atoms with Gasteiger partial charge in [-0.3, -0.25) is 9.36 Å². The van der Waals surface area contributed by atoms with Crippen molar-refractivity contribution in [2.24, 2.45) is 14.1 Å². The quantitative estimate of drug-likeness (QED) is 0.396. The fourth-order valence-corrected chi connectivity index (χ4v) is 4.39. The SMILES string of the molecule is C#Cc1cccc(-c2cc(=O)n(C)c3ncc(C(O)(c4ccc(Cl)cc4)c4cncn4C)cc23)n1. The highest BCUT2D eigenvalue weighted by atomic mass is 35.5. The molecule has 172 valence electrons. The monoisotopic (exact) mass is 481 g/mol. The van der Waals surface area contributed by atoms with Crippen molar-refractivity contribution in [3.63, 3.8) is 0 Å². The smallest absolute Gasteiger partial charge is 0.252 e. The van der Waals surface area contributed by atoms with Gasteiger partial charge in [0, 0.05) is 47.9 Å². The molecule has 0 aliphatic heterocycles. The molecule has 0 aliphatic rings. The number of benzene rings is 1. The number of aryl methyl sites for hydroxylation is 2. The Kier molecular flexibility index (Phi) is 5.48. The van der Waals surface area contributed by atoms with Crippen LogP contribution >= 0.6 is 11.6 Å². The number of aliphatic hydroxyl groups is 1. The van der Waals surface area contributed by atoms with Crippen molar-refractivity contribution >= 4 is 22.6 Å². The number of nitrogens with zero attached hydrogens (tertiary/aromatic N) is 5. The molecule has 4 aromatic heterocycles. The van der Waals surface area contributed by atoms with E-state index in [1.54, 1.807) is 72.8 Å². The van der Waals surface area contributed by atoms with Crippen LogP contribution in [0.1, 0.15) is 22.5 Å². The molecule has 1 N–H and O–H groups in total. The van der Waals surface area contributed by atoms with Crippen LogP contribution in [0.2, 0.25) is 5.02 Å². The molecule has 8 heteroatoms. The standard InChI is InChI=1S/C27H20ClN5O2/c1-4-20-6-5-7-23(31-20)21-13-25(34)33(3)26-22(21)12-18(14-30-26)27(35,24-15-29-16-32(24)2)17-8-10-19(28)11-9-17/h1,5-16,35H,2-3H3. The lowest BCUT2D eigenvalue weighted by atomic mass is 9.83. The maximum Gasteiger partial charge on any atom is 0.252 e. The molecule has 1 atom stereocenters. The van der Waals surface area contributed by atoms with Gasteiger partial charge in [-0.15, -0.1) is 6.42 Å². The van der Waals surface area contributed by atoms with Gasteiger partial charge in [-0.2, -0.15) is 0 Å². The molecule has 5 rings (SSSR count). The van der Waals surface area contributed by atoms with E-state index in [1.165, 1.54) is 10.6 Å². The van der Waals surface area contributed by atoms with Gasteiger partial charge >= 0.3 is 0 Å². The third-order valence-corrected chi connectivity index (χ3v) is 6.36. The number of fused-ring (bicyclic) bond motifs is 1. The van der Waals surface area contributed by atoms with Gasteiger partial charge < -0.3 is 9.67 Å². The molecule has 35 heavy (non-hydrogen) atoms. The summed E-state index contributed by atoms with van der Waals surface area (Å²) in [4.78, 5) is 26.0. The van der Waals surface area contributed by atoms with E-state index in [0.29, 0.717) is 49.8 Å². The van der Waals surface area contributed by atoms with E-state index in [4.69, 9.17) is 18.0 Å². The Hall–Kier alpha value is -4.25. The number of pyridine rings is 3. The van der Waals surface area contributed by atoms with Crippen molar-refractivity contribution in [1.29, 1.82) is 0 Å². The van der Waals surface area contributed by atoms with Crippen LogP contribution in [0.4, 0.5) is 0 Å². The molecule has 7 nitrogen and oxygen atoms in total. The lowest BCUT2D eigenvalue weighted by Crippen LogP contribution is -2.31. The van der Waals surface area contributed by atoms with Gasteiger partial charge in [-0.25, -0.2) is 15.0 Å². The molecule has 1 unspecified atom stereocenters. The van der Waals surface area contributed by atoms with Crippen LogP contribution in [0.25, 0.3) is 22.3 Å². The van der Waals surface area contributed by atoms with Crippen molar-refractivity contribution in [1.82, 2.24) is 24.1 Å². The molecule has 1 aromatic carbocycles. The van der Waals surface area contributed by atoms with Crippen LogP contribution in [0.5, 0.6) is 0 Å². The second-order valence-electron chi connectivity index (χ2n) is 8.21. The highest BCUT2D eigenvalue weighted by Crippen LogP contribution is 2.38. The fourth-order valence-electron chi connectivity index (χ4n) is 4.26. The van der Waals surface area contributed by atoms with E-state index in [0.717, 1.165) is 0 Å². The summed E-state index contributed by atoms with van der Waals surface area (Å²) in [7, 11) is 3.46. The summed E-state index contributed by atoms with van der Waals surface area (Å²) in [5.74, 6) is 2.53.